The second-order valence-corrected chi connectivity index (χ2v) is 5.47. The molecule has 17 heavy (non-hydrogen) atoms. The lowest BCUT2D eigenvalue weighted by Crippen LogP contribution is -2.23. The molecule has 1 N–H and O–H groups in total. The maximum atomic E-state index is 6.04. The number of anilines is 1. The highest BCUT2D eigenvalue weighted by Gasteiger charge is 2.15. The number of nitrogens with one attached hydrogen (secondary N) is 1. The third-order valence-corrected chi connectivity index (χ3v) is 3.75. The molecule has 0 aliphatic carbocycles. The minimum Gasteiger partial charge on any atom is -0.382 e. The van der Waals surface area contributed by atoms with E-state index in [2.05, 4.69) is 30.3 Å². The van der Waals surface area contributed by atoms with Crippen LogP contribution in [0.1, 0.15) is 24.8 Å². The second kappa shape index (κ2) is 5.74. The molecule has 0 radical (unpaired) electrons. The zero-order valence-electron chi connectivity index (χ0n) is 10.7. The summed E-state index contributed by atoms with van der Waals surface area (Å²) in [5.74, 6) is 0. The van der Waals surface area contributed by atoms with Crippen LogP contribution in [0.3, 0.4) is 0 Å². The summed E-state index contributed by atoms with van der Waals surface area (Å²) in [5, 5.41) is 4.45. The normalized spacial score (nSPS) is 22.2. The topological polar surface area (TPSA) is 15.3 Å². The molecule has 1 aromatic carbocycles. The van der Waals surface area contributed by atoms with Gasteiger partial charge < -0.3 is 10.2 Å². The smallest absolute Gasteiger partial charge is 0.0426 e. The summed E-state index contributed by atoms with van der Waals surface area (Å²) in [5.41, 5.74) is 2.46. The van der Waals surface area contributed by atoms with Crippen molar-refractivity contribution in [3.8, 4) is 0 Å². The lowest BCUT2D eigenvalue weighted by molar-refractivity contribution is 0.348. The minimum atomic E-state index is 0.581. The van der Waals surface area contributed by atoms with Gasteiger partial charge in [-0.2, -0.15) is 0 Å². The fraction of sp³-hybridized carbons (Fsp3) is 0.571. The number of likely N-dealkylation sites (tertiary alicyclic amines) is 1. The molecule has 1 aromatic rings. The van der Waals surface area contributed by atoms with Gasteiger partial charge in [-0.1, -0.05) is 17.7 Å². The molecule has 2 nitrogen and oxygen atoms in total. The molecule has 0 bridgehead atoms. The Morgan fingerprint density at radius 2 is 2.12 bits per heavy atom. The van der Waals surface area contributed by atoms with Gasteiger partial charge in [-0.05, 0) is 64.0 Å². The molecule has 1 fully saturated rings. The van der Waals surface area contributed by atoms with E-state index in [0.717, 1.165) is 5.02 Å². The number of benzene rings is 1. The molecule has 0 saturated carbocycles. The van der Waals surface area contributed by atoms with Crippen LogP contribution in [0.4, 0.5) is 5.69 Å². The van der Waals surface area contributed by atoms with E-state index in [0.29, 0.717) is 6.04 Å². The summed E-state index contributed by atoms with van der Waals surface area (Å²) < 4.78 is 0. The Morgan fingerprint density at radius 1 is 1.29 bits per heavy atom. The fourth-order valence-corrected chi connectivity index (χ4v) is 2.53. The Bertz CT molecular complexity index is 378. The molecule has 1 heterocycles. The standard InChI is InChI=1S/C14H21ClN2/c1-11-5-6-12(15)10-14(11)16-13-4-3-8-17(2)9-7-13/h5-6,10,13,16H,3-4,7-9H2,1-2H3. The summed E-state index contributed by atoms with van der Waals surface area (Å²) in [4.78, 5) is 2.41. The molecule has 1 atom stereocenters. The van der Waals surface area contributed by atoms with Gasteiger partial charge in [-0.3, -0.25) is 0 Å². The van der Waals surface area contributed by atoms with Crippen molar-refractivity contribution >= 4 is 17.3 Å². The van der Waals surface area contributed by atoms with Gasteiger partial charge in [0.1, 0.15) is 0 Å². The molecule has 0 aromatic heterocycles. The van der Waals surface area contributed by atoms with Gasteiger partial charge in [0, 0.05) is 16.8 Å². The van der Waals surface area contributed by atoms with Crippen LogP contribution >= 0.6 is 11.6 Å². The van der Waals surface area contributed by atoms with Crippen molar-refractivity contribution in [2.75, 3.05) is 25.5 Å². The number of hydrogen-bond donors (Lipinski definition) is 1. The van der Waals surface area contributed by atoms with Crippen molar-refractivity contribution in [1.29, 1.82) is 0 Å². The van der Waals surface area contributed by atoms with Crippen molar-refractivity contribution in [2.45, 2.75) is 32.2 Å². The zero-order chi connectivity index (χ0) is 12.3. The third kappa shape index (κ3) is 3.62. The van der Waals surface area contributed by atoms with Crippen molar-refractivity contribution in [2.24, 2.45) is 0 Å². The highest BCUT2D eigenvalue weighted by atomic mass is 35.5. The Hall–Kier alpha value is -0.730. The molecular weight excluding hydrogens is 232 g/mol. The molecular formula is C14H21ClN2. The molecule has 1 aliphatic heterocycles. The molecule has 94 valence electrons. The number of halogens is 1. The summed E-state index contributed by atoms with van der Waals surface area (Å²) in [7, 11) is 2.20. The zero-order valence-corrected chi connectivity index (χ0v) is 11.4. The van der Waals surface area contributed by atoms with Gasteiger partial charge in [-0.25, -0.2) is 0 Å². The van der Waals surface area contributed by atoms with Crippen molar-refractivity contribution in [3.05, 3.63) is 28.8 Å². The molecule has 0 spiro atoms. The predicted octanol–water partition coefficient (Wildman–Crippen LogP) is 3.54. The highest BCUT2D eigenvalue weighted by molar-refractivity contribution is 6.30. The van der Waals surface area contributed by atoms with E-state index in [1.807, 2.05) is 12.1 Å². The Kier molecular flexibility index (Phi) is 4.30. The summed E-state index contributed by atoms with van der Waals surface area (Å²) in [6.45, 7) is 4.52. The lowest BCUT2D eigenvalue weighted by Gasteiger charge is -2.19. The third-order valence-electron chi connectivity index (χ3n) is 3.51. The maximum absolute atomic E-state index is 6.04. The van der Waals surface area contributed by atoms with Crippen LogP contribution in [0.25, 0.3) is 0 Å². The van der Waals surface area contributed by atoms with Crippen LogP contribution < -0.4 is 5.32 Å². The number of hydrogen-bond acceptors (Lipinski definition) is 2. The van der Waals surface area contributed by atoms with E-state index in [9.17, 15) is 0 Å². The summed E-state index contributed by atoms with van der Waals surface area (Å²) >= 11 is 6.04. The molecule has 1 aliphatic rings. The van der Waals surface area contributed by atoms with E-state index >= 15 is 0 Å². The van der Waals surface area contributed by atoms with E-state index in [-0.39, 0.29) is 0 Å². The van der Waals surface area contributed by atoms with Crippen molar-refractivity contribution in [1.82, 2.24) is 4.90 Å². The van der Waals surface area contributed by atoms with Crippen LogP contribution in [0, 0.1) is 6.92 Å². The largest absolute Gasteiger partial charge is 0.382 e. The average Bonchev–Trinajstić information content (AvgIpc) is 2.49. The SMILES string of the molecule is Cc1ccc(Cl)cc1NC1CCCN(C)CC1. The van der Waals surface area contributed by atoms with Crippen molar-refractivity contribution < 1.29 is 0 Å². The number of rotatable bonds is 2. The quantitative estimate of drug-likeness (QED) is 0.866. The molecule has 0 amide bonds. The average molecular weight is 253 g/mol. The van der Waals surface area contributed by atoms with Gasteiger partial charge in [0.15, 0.2) is 0 Å². The first-order valence-corrected chi connectivity index (χ1v) is 6.74. The summed E-state index contributed by atoms with van der Waals surface area (Å²) in [6, 6.07) is 6.64. The monoisotopic (exact) mass is 252 g/mol. The van der Waals surface area contributed by atoms with Gasteiger partial charge in [0.25, 0.3) is 0 Å². The van der Waals surface area contributed by atoms with Gasteiger partial charge in [-0.15, -0.1) is 0 Å². The van der Waals surface area contributed by atoms with Gasteiger partial charge in [0.2, 0.25) is 0 Å². The Morgan fingerprint density at radius 3 is 2.94 bits per heavy atom. The van der Waals surface area contributed by atoms with E-state index in [4.69, 9.17) is 11.6 Å². The summed E-state index contributed by atoms with van der Waals surface area (Å²) in [6.07, 6.45) is 3.73. The van der Waals surface area contributed by atoms with Crippen LogP contribution in [0.5, 0.6) is 0 Å². The van der Waals surface area contributed by atoms with E-state index < -0.39 is 0 Å². The van der Waals surface area contributed by atoms with Crippen LogP contribution in [0.2, 0.25) is 5.02 Å². The van der Waals surface area contributed by atoms with Crippen LogP contribution in [-0.4, -0.2) is 31.1 Å². The van der Waals surface area contributed by atoms with Crippen molar-refractivity contribution in [3.63, 3.8) is 0 Å². The van der Waals surface area contributed by atoms with E-state index in [1.165, 1.54) is 43.6 Å². The molecule has 2 rings (SSSR count). The van der Waals surface area contributed by atoms with E-state index in [1.54, 1.807) is 0 Å². The molecule has 1 saturated heterocycles. The maximum Gasteiger partial charge on any atom is 0.0426 e. The first-order valence-electron chi connectivity index (χ1n) is 6.36. The van der Waals surface area contributed by atoms with Crippen LogP contribution in [0.15, 0.2) is 18.2 Å². The lowest BCUT2D eigenvalue weighted by atomic mass is 10.1. The fourth-order valence-electron chi connectivity index (χ4n) is 2.35. The molecule has 1 unspecified atom stereocenters. The second-order valence-electron chi connectivity index (χ2n) is 5.03. The van der Waals surface area contributed by atoms with Gasteiger partial charge >= 0.3 is 0 Å². The number of aryl methyl sites for hydroxylation is 1. The predicted molar refractivity (Wildman–Crippen MR) is 74.9 cm³/mol. The first-order chi connectivity index (χ1) is 8.15. The Balaban J connectivity index is 2.02. The number of nitrogens with zero attached hydrogens (tertiary/aromatic N) is 1. The first kappa shape index (κ1) is 12.7. The minimum absolute atomic E-state index is 0.581. The Labute approximate surface area is 109 Å². The van der Waals surface area contributed by atoms with Gasteiger partial charge in [0.05, 0.1) is 0 Å². The van der Waals surface area contributed by atoms with Crippen LogP contribution in [-0.2, 0) is 0 Å². The molecule has 3 heteroatoms. The highest BCUT2D eigenvalue weighted by Crippen LogP contribution is 2.23.